The van der Waals surface area contributed by atoms with Crippen molar-refractivity contribution in [2.75, 3.05) is 49.6 Å². The van der Waals surface area contributed by atoms with E-state index in [0.717, 1.165) is 21.4 Å². The van der Waals surface area contributed by atoms with Gasteiger partial charge in [0.15, 0.2) is 11.5 Å². The minimum atomic E-state index is -0.557. The Morgan fingerprint density at radius 3 is 2.27 bits per heavy atom. The first-order valence-electron chi connectivity index (χ1n) is 13.6. The van der Waals surface area contributed by atoms with Crippen LogP contribution < -0.4 is 28.9 Å². The number of carbonyl (C=O) groups excluding carboxylic acids is 2. The normalized spacial score (nSPS) is 20.0. The van der Waals surface area contributed by atoms with Gasteiger partial charge in [-0.3, -0.25) is 9.59 Å². The van der Waals surface area contributed by atoms with E-state index in [1.807, 2.05) is 59.5 Å². The lowest BCUT2D eigenvalue weighted by Gasteiger charge is -2.49. The highest BCUT2D eigenvalue weighted by Crippen LogP contribution is 2.46. The van der Waals surface area contributed by atoms with Gasteiger partial charge in [0.05, 0.1) is 50.2 Å². The number of carbonyl (C=O) groups is 2. The van der Waals surface area contributed by atoms with Gasteiger partial charge in [-0.2, -0.15) is 0 Å². The number of anilines is 3. The van der Waals surface area contributed by atoms with Crippen LogP contribution >= 0.6 is 15.9 Å². The topological polar surface area (TPSA) is 71.6 Å². The molecule has 0 radical (unpaired) electrons. The van der Waals surface area contributed by atoms with Gasteiger partial charge >= 0.3 is 0 Å². The average molecular weight is 623 g/mol. The fourth-order valence-electron chi connectivity index (χ4n) is 5.91. The maximum absolute atomic E-state index is 14.7. The Balaban J connectivity index is 1.64. The lowest BCUT2D eigenvalue weighted by Crippen LogP contribution is -2.58. The van der Waals surface area contributed by atoms with Gasteiger partial charge in [0.2, 0.25) is 11.8 Å². The van der Waals surface area contributed by atoms with Crippen molar-refractivity contribution in [3.63, 3.8) is 0 Å². The first-order valence-corrected chi connectivity index (χ1v) is 14.4. The van der Waals surface area contributed by atoms with Crippen LogP contribution in [0.15, 0.2) is 65.1 Å². The van der Waals surface area contributed by atoms with E-state index in [1.54, 1.807) is 26.2 Å². The number of piperidine rings is 1. The Bertz CT molecular complexity index is 1460. The van der Waals surface area contributed by atoms with Crippen LogP contribution in [0.4, 0.5) is 17.1 Å². The smallest absolute Gasteiger partial charge is 0.232 e. The van der Waals surface area contributed by atoms with Crippen molar-refractivity contribution in [2.45, 2.75) is 38.3 Å². The van der Waals surface area contributed by atoms with Crippen LogP contribution in [0.5, 0.6) is 17.2 Å². The molecule has 2 aliphatic heterocycles. The lowest BCUT2D eigenvalue weighted by atomic mass is 9.82. The molecule has 41 heavy (non-hydrogen) atoms. The molecule has 2 aliphatic rings. The summed E-state index contributed by atoms with van der Waals surface area (Å²) in [7, 11) is 6.84. The third-order valence-corrected chi connectivity index (χ3v) is 8.82. The lowest BCUT2D eigenvalue weighted by molar-refractivity contribution is -0.127. The van der Waals surface area contributed by atoms with E-state index in [4.69, 9.17) is 14.2 Å². The Labute approximate surface area is 249 Å². The van der Waals surface area contributed by atoms with Gasteiger partial charge in [-0.1, -0.05) is 22.0 Å². The van der Waals surface area contributed by atoms with Crippen LogP contribution in [0.3, 0.4) is 0 Å². The van der Waals surface area contributed by atoms with E-state index in [2.05, 4.69) is 47.8 Å². The van der Waals surface area contributed by atoms with Crippen LogP contribution in [0, 0.1) is 5.92 Å². The molecule has 0 N–H and O–H groups in total. The van der Waals surface area contributed by atoms with E-state index >= 15 is 0 Å². The summed E-state index contributed by atoms with van der Waals surface area (Å²) in [5.74, 6) is 1.26. The predicted molar refractivity (Wildman–Crippen MR) is 164 cm³/mol. The number of amides is 2. The highest BCUT2D eigenvalue weighted by Gasteiger charge is 2.46. The Morgan fingerprint density at radius 2 is 1.61 bits per heavy atom. The molecular formula is C32H36BrN3O5. The number of methoxy groups -OCH3 is 3. The molecule has 1 fully saturated rings. The van der Waals surface area contributed by atoms with Gasteiger partial charge in [0.25, 0.3) is 0 Å². The number of rotatable bonds is 6. The molecule has 3 aromatic rings. The van der Waals surface area contributed by atoms with E-state index in [9.17, 15) is 9.59 Å². The molecule has 2 unspecified atom stereocenters. The molecule has 9 heteroatoms. The van der Waals surface area contributed by atoms with Crippen molar-refractivity contribution < 1.29 is 23.8 Å². The van der Waals surface area contributed by atoms with Crippen molar-refractivity contribution in [3.05, 3.63) is 70.7 Å². The second-order valence-electron chi connectivity index (χ2n) is 11.1. The van der Waals surface area contributed by atoms with Crippen LogP contribution in [0.25, 0.3) is 0 Å². The predicted octanol–water partition coefficient (Wildman–Crippen LogP) is 6.22. The van der Waals surface area contributed by atoms with Crippen LogP contribution in [0.2, 0.25) is 0 Å². The van der Waals surface area contributed by atoms with Gasteiger partial charge in [-0.25, -0.2) is 0 Å². The summed E-state index contributed by atoms with van der Waals surface area (Å²) in [6.07, 6.45) is 0.693. The Hall–Kier alpha value is -3.72. The minimum Gasteiger partial charge on any atom is -0.497 e. The van der Waals surface area contributed by atoms with E-state index in [0.29, 0.717) is 35.9 Å². The van der Waals surface area contributed by atoms with Crippen LogP contribution in [-0.4, -0.2) is 52.3 Å². The molecule has 5 rings (SSSR count). The largest absolute Gasteiger partial charge is 0.497 e. The number of likely N-dealkylation sites (N-methyl/N-ethyl adjacent to an activating group) is 1. The second-order valence-corrected chi connectivity index (χ2v) is 12.0. The Kier molecular flexibility index (Phi) is 7.92. The fraction of sp³-hybridized carbons (Fsp3) is 0.375. The monoisotopic (exact) mass is 621 g/mol. The van der Waals surface area contributed by atoms with Gasteiger partial charge in [0, 0.05) is 30.2 Å². The van der Waals surface area contributed by atoms with E-state index < -0.39 is 12.0 Å². The van der Waals surface area contributed by atoms with E-state index in [1.165, 1.54) is 0 Å². The first-order chi connectivity index (χ1) is 19.6. The SMILES string of the molecule is COc1ccc(N2C(=O)CCC(C(=O)N3CC(C)(C)N(C)c4cc(Br)ccc43)C2c2ccc(OC)c(OC)c2)cc1. The molecule has 3 aromatic carbocycles. The summed E-state index contributed by atoms with van der Waals surface area (Å²) in [4.78, 5) is 34.2. The summed E-state index contributed by atoms with van der Waals surface area (Å²) in [5.41, 5.74) is 3.04. The highest BCUT2D eigenvalue weighted by molar-refractivity contribution is 9.10. The summed E-state index contributed by atoms with van der Waals surface area (Å²) in [6, 6.07) is 18.5. The zero-order chi connectivity index (χ0) is 29.5. The molecule has 0 bridgehead atoms. The van der Waals surface area contributed by atoms with Gasteiger partial charge in [-0.15, -0.1) is 0 Å². The van der Waals surface area contributed by atoms with Crippen molar-refractivity contribution >= 4 is 44.8 Å². The Morgan fingerprint density at radius 1 is 0.902 bits per heavy atom. The molecule has 2 heterocycles. The number of nitrogens with zero attached hydrogens (tertiary/aromatic N) is 3. The second kappa shape index (κ2) is 11.3. The quantitative estimate of drug-likeness (QED) is 0.325. The summed E-state index contributed by atoms with van der Waals surface area (Å²) in [5, 5.41) is 0. The molecule has 0 aromatic heterocycles. The van der Waals surface area contributed by atoms with Crippen molar-refractivity contribution in [1.82, 2.24) is 0 Å². The molecule has 1 saturated heterocycles. The molecular weight excluding hydrogens is 586 g/mol. The first kappa shape index (κ1) is 28.8. The van der Waals surface area contributed by atoms with Gasteiger partial charge < -0.3 is 28.9 Å². The van der Waals surface area contributed by atoms with Crippen molar-refractivity contribution in [3.8, 4) is 17.2 Å². The molecule has 8 nitrogen and oxygen atoms in total. The zero-order valence-electron chi connectivity index (χ0n) is 24.3. The molecule has 2 amide bonds. The van der Waals surface area contributed by atoms with Crippen molar-refractivity contribution in [2.24, 2.45) is 5.92 Å². The number of benzene rings is 3. The van der Waals surface area contributed by atoms with Crippen molar-refractivity contribution in [1.29, 1.82) is 0 Å². The zero-order valence-corrected chi connectivity index (χ0v) is 25.9. The van der Waals surface area contributed by atoms with Crippen LogP contribution in [-0.2, 0) is 9.59 Å². The molecule has 0 aliphatic carbocycles. The molecule has 0 saturated carbocycles. The summed E-state index contributed by atoms with van der Waals surface area (Å²) in [6.45, 7) is 4.79. The number of hydrogen-bond donors (Lipinski definition) is 0. The molecule has 216 valence electrons. The summed E-state index contributed by atoms with van der Waals surface area (Å²) >= 11 is 3.60. The third kappa shape index (κ3) is 5.23. The van der Waals surface area contributed by atoms with E-state index in [-0.39, 0.29) is 23.8 Å². The number of ether oxygens (including phenoxy) is 3. The number of halogens is 1. The maximum atomic E-state index is 14.7. The van der Waals surface area contributed by atoms with Gasteiger partial charge in [-0.05, 0) is 80.4 Å². The fourth-order valence-corrected chi connectivity index (χ4v) is 6.26. The molecule has 2 atom stereocenters. The molecule has 0 spiro atoms. The average Bonchev–Trinajstić information content (AvgIpc) is 2.98. The highest BCUT2D eigenvalue weighted by atomic mass is 79.9. The third-order valence-electron chi connectivity index (χ3n) is 8.32. The number of fused-ring (bicyclic) bond motifs is 1. The maximum Gasteiger partial charge on any atom is 0.232 e. The van der Waals surface area contributed by atoms with Crippen LogP contribution in [0.1, 0.15) is 38.3 Å². The standard InChI is InChI=1S/C32H36BrN3O5/c1-32(2)19-35(25-14-8-21(33)18-26(25)34(32)3)31(38)24-13-16-29(37)36(22-9-11-23(39-4)12-10-22)30(24)20-7-15-27(40-5)28(17-20)41-6/h7-12,14-15,17-18,24,30H,13,16,19H2,1-6H3. The summed E-state index contributed by atoms with van der Waals surface area (Å²) < 4.78 is 17.4. The number of hydrogen-bond acceptors (Lipinski definition) is 6. The van der Waals surface area contributed by atoms with Gasteiger partial charge in [0.1, 0.15) is 5.75 Å². The minimum absolute atomic E-state index is 0.0134.